The Morgan fingerprint density at radius 3 is 1.60 bits per heavy atom. The first-order chi connectivity index (χ1) is 45.9. The van der Waals surface area contributed by atoms with Crippen LogP contribution in [0, 0.1) is 17.8 Å². The van der Waals surface area contributed by atoms with Crippen molar-refractivity contribution in [3.63, 3.8) is 0 Å². The smallest absolute Gasteiger partial charge is 0.355 e. The predicted molar refractivity (Wildman–Crippen MR) is 366 cm³/mol. The molecule has 0 bridgehead atoms. The van der Waals surface area contributed by atoms with Crippen LogP contribution in [0.25, 0.3) is 0 Å². The number of pyridine rings is 3. The fourth-order valence-electron chi connectivity index (χ4n) is 15.2. The highest BCUT2D eigenvalue weighted by atomic mass is 35.5. The molecule has 0 radical (unpaired) electrons. The highest BCUT2D eigenvalue weighted by molar-refractivity contribution is 6.30. The van der Waals surface area contributed by atoms with E-state index in [0.717, 1.165) is 147 Å². The molecule has 4 aliphatic heterocycles. The second kappa shape index (κ2) is 33.9. The maximum absolute atomic E-state index is 14.8. The molecule has 7 heterocycles. The SMILES string of the molecule is CCCOc1nc(N2CCC[C@@H](CC(=O)OC(=O)C(OC(=O)C[C@@H]3CCCN(c4ccc(C(=O)NC5CCCCC5)c(NCCc5ccc(Cl)cc5)n4)C3)[C@H]3CCCN(c4ccc(C(=O)NC5CCCCC5)c(N5CCCCC5)n4)C3)C2)ccc1C(=O)NC1CCCCC1. The number of nitrogens with one attached hydrogen (secondary N) is 4. The van der Waals surface area contributed by atoms with Gasteiger partial charge >= 0.3 is 17.9 Å². The molecule has 1 unspecified atom stereocenters. The van der Waals surface area contributed by atoms with E-state index in [9.17, 15) is 28.8 Å². The van der Waals surface area contributed by atoms with Crippen molar-refractivity contribution in [2.45, 2.75) is 211 Å². The number of amides is 3. The Morgan fingerprint density at radius 1 is 0.511 bits per heavy atom. The predicted octanol–water partition coefficient (Wildman–Crippen LogP) is 12.0. The van der Waals surface area contributed by atoms with Crippen LogP contribution in [0.1, 0.15) is 217 Å². The van der Waals surface area contributed by atoms with Gasteiger partial charge in [-0.05, 0) is 175 Å². The number of piperidine rings is 4. The lowest BCUT2D eigenvalue weighted by Gasteiger charge is -2.37. The molecule has 4 atom stereocenters. The van der Waals surface area contributed by atoms with E-state index < -0.39 is 29.9 Å². The van der Waals surface area contributed by atoms with Crippen LogP contribution in [0.4, 0.5) is 29.1 Å². The average Bonchev–Trinajstić information content (AvgIpc) is 0.837. The first-order valence-corrected chi connectivity index (χ1v) is 36.3. The molecule has 0 spiro atoms. The highest BCUT2D eigenvalue weighted by Crippen LogP contribution is 2.35. The number of carbonyl (C=O) groups is 6. The Morgan fingerprint density at radius 2 is 1.00 bits per heavy atom. The van der Waals surface area contributed by atoms with E-state index in [1.807, 2.05) is 61.5 Å². The van der Waals surface area contributed by atoms with Crippen LogP contribution in [0.15, 0.2) is 60.7 Å². The zero-order valence-electron chi connectivity index (χ0n) is 55.4. The lowest BCUT2D eigenvalue weighted by Crippen LogP contribution is -2.47. The third-order valence-corrected chi connectivity index (χ3v) is 20.6. The Balaban J connectivity index is 0.788. The Kier molecular flexibility index (Phi) is 24.6. The molecule has 4 saturated heterocycles. The van der Waals surface area contributed by atoms with E-state index >= 15 is 0 Å². The van der Waals surface area contributed by atoms with Crippen LogP contribution in [-0.2, 0) is 30.3 Å². The molecule has 20 nitrogen and oxygen atoms in total. The number of benzene rings is 1. The maximum Gasteiger partial charge on any atom is 0.355 e. The second-order valence-corrected chi connectivity index (χ2v) is 28.1. The Bertz CT molecular complexity index is 3200. The number of esters is 3. The molecule has 7 aliphatic rings. The summed E-state index contributed by atoms with van der Waals surface area (Å²) in [6.07, 6.45) is 23.2. The fourth-order valence-corrected chi connectivity index (χ4v) is 15.4. The summed E-state index contributed by atoms with van der Waals surface area (Å²) in [6, 6.07) is 19.3. The number of anilines is 5. The summed E-state index contributed by atoms with van der Waals surface area (Å²) >= 11 is 6.19. The van der Waals surface area contributed by atoms with Crippen LogP contribution in [0.3, 0.4) is 0 Å². The van der Waals surface area contributed by atoms with Crippen molar-refractivity contribution in [3.05, 3.63) is 87.9 Å². The molecular formula is C73H100ClN11O9. The van der Waals surface area contributed by atoms with Crippen LogP contribution < -0.4 is 45.6 Å². The van der Waals surface area contributed by atoms with E-state index in [1.165, 1.54) is 19.3 Å². The molecule has 3 saturated carbocycles. The molecule has 3 amide bonds. The van der Waals surface area contributed by atoms with Crippen LogP contribution >= 0.6 is 11.6 Å². The number of hydrogen-bond donors (Lipinski definition) is 4. The largest absolute Gasteiger partial charge is 0.477 e. The van der Waals surface area contributed by atoms with Gasteiger partial charge in [0.1, 0.15) is 34.7 Å². The Labute approximate surface area is 560 Å². The van der Waals surface area contributed by atoms with Gasteiger partial charge in [-0.15, -0.1) is 0 Å². The van der Waals surface area contributed by atoms with E-state index in [0.29, 0.717) is 122 Å². The van der Waals surface area contributed by atoms with Gasteiger partial charge in [0.2, 0.25) is 12.0 Å². The summed E-state index contributed by atoms with van der Waals surface area (Å²) in [5.74, 6) is -0.0249. The summed E-state index contributed by atoms with van der Waals surface area (Å²) in [5.41, 5.74) is 2.54. The highest BCUT2D eigenvalue weighted by Gasteiger charge is 2.40. The third kappa shape index (κ3) is 18.8. The van der Waals surface area contributed by atoms with Crippen molar-refractivity contribution in [2.24, 2.45) is 17.8 Å². The van der Waals surface area contributed by atoms with Crippen LogP contribution in [-0.4, -0.2) is 140 Å². The number of rotatable bonds is 24. The maximum atomic E-state index is 14.8. The Hall–Kier alpha value is -7.22. The minimum Gasteiger partial charge on any atom is -0.477 e. The number of nitrogens with zero attached hydrogens (tertiary/aromatic N) is 7. The number of halogens is 1. The normalized spacial score (nSPS) is 21.4. The first kappa shape index (κ1) is 68.2. The van der Waals surface area contributed by atoms with Crippen molar-refractivity contribution in [1.29, 1.82) is 0 Å². The molecule has 1 aromatic carbocycles. The standard InChI is InChI=1S/C73H100ClN11O9/c1-2-44-92-72-60(71(90)78-57-25-11-5-12-26-57)33-36-63(81-72)84-42-16-19-52(48-84)46-65(87)94-73(91)66(53-20-17-43-85(49-53)62-35-32-59(68(80-62)82-39-13-6-14-40-82)70(89)77-56-23-9-4-10-24-56)93-64(86)45-51-18-15-41-83(47-51)61-34-31-58(69(88)76-55-21-7-3-8-22-55)67(79-61)75-38-37-50-27-29-54(74)30-28-50/h27-36,51-53,55-57,66H,2-26,37-49H2,1H3,(H,75,79)(H,76,88)(H,77,89)(H,78,90)/t51-,52-,53-,66?/m0/s1. The van der Waals surface area contributed by atoms with Crippen molar-refractivity contribution in [3.8, 4) is 5.88 Å². The number of hydrogen-bond acceptors (Lipinski definition) is 17. The molecule has 11 rings (SSSR count). The lowest BCUT2D eigenvalue weighted by molar-refractivity contribution is -0.178. The van der Waals surface area contributed by atoms with Gasteiger partial charge in [-0.2, -0.15) is 4.98 Å². The monoisotopic (exact) mass is 1310 g/mol. The van der Waals surface area contributed by atoms with Crippen molar-refractivity contribution < 1.29 is 43.0 Å². The van der Waals surface area contributed by atoms with Crippen LogP contribution in [0.2, 0.25) is 5.02 Å². The fraction of sp³-hybridized carbons (Fsp3) is 0.630. The lowest BCUT2D eigenvalue weighted by atomic mass is 9.91. The summed E-state index contributed by atoms with van der Waals surface area (Å²) in [5, 5.41) is 13.9. The van der Waals surface area contributed by atoms with Crippen LogP contribution in [0.5, 0.6) is 5.88 Å². The van der Waals surface area contributed by atoms with Crippen molar-refractivity contribution in [2.75, 3.05) is 90.4 Å². The van der Waals surface area contributed by atoms with E-state index in [4.69, 9.17) is 40.8 Å². The molecular weight excluding hydrogens is 1210 g/mol. The van der Waals surface area contributed by atoms with Gasteiger partial charge in [0.05, 0.1) is 30.6 Å². The van der Waals surface area contributed by atoms with Gasteiger partial charge in [0, 0.05) is 88.0 Å². The molecule has 4 aromatic rings. The molecule has 21 heteroatoms. The average molecular weight is 1310 g/mol. The van der Waals surface area contributed by atoms with Crippen molar-refractivity contribution >= 4 is 76.3 Å². The second-order valence-electron chi connectivity index (χ2n) is 27.6. The molecule has 508 valence electrons. The minimum absolute atomic E-state index is 0.0210. The van der Waals surface area contributed by atoms with E-state index in [2.05, 4.69) is 40.9 Å². The van der Waals surface area contributed by atoms with E-state index in [1.54, 1.807) is 6.07 Å². The summed E-state index contributed by atoms with van der Waals surface area (Å²) < 4.78 is 18.3. The molecule has 4 N–H and O–H groups in total. The molecule has 3 aliphatic carbocycles. The van der Waals surface area contributed by atoms with Gasteiger partial charge in [-0.1, -0.05) is 88.4 Å². The first-order valence-electron chi connectivity index (χ1n) is 35.9. The zero-order valence-corrected chi connectivity index (χ0v) is 56.1. The molecule has 3 aromatic heterocycles. The zero-order chi connectivity index (χ0) is 65.2. The minimum atomic E-state index is -1.39. The number of aromatic nitrogens is 3. The van der Waals surface area contributed by atoms with Gasteiger partial charge < -0.3 is 55.1 Å². The van der Waals surface area contributed by atoms with Gasteiger partial charge in [0.25, 0.3) is 17.7 Å². The van der Waals surface area contributed by atoms with Gasteiger partial charge in [-0.25, -0.2) is 14.8 Å². The van der Waals surface area contributed by atoms with Gasteiger partial charge in [0.15, 0.2) is 0 Å². The number of carbonyl (C=O) groups excluding carboxylic acids is 6. The van der Waals surface area contributed by atoms with E-state index in [-0.39, 0.29) is 66.4 Å². The quantitative estimate of drug-likeness (QED) is 0.0377. The van der Waals surface area contributed by atoms with Gasteiger partial charge in [-0.3, -0.25) is 24.0 Å². The molecule has 7 fully saturated rings. The topological polar surface area (TPSA) is 230 Å². The third-order valence-electron chi connectivity index (χ3n) is 20.4. The number of ether oxygens (including phenoxy) is 3. The summed E-state index contributed by atoms with van der Waals surface area (Å²) in [4.78, 5) is 109. The molecule has 94 heavy (non-hydrogen) atoms. The summed E-state index contributed by atoms with van der Waals surface area (Å²) in [7, 11) is 0. The summed E-state index contributed by atoms with van der Waals surface area (Å²) in [6.45, 7) is 7.81. The van der Waals surface area contributed by atoms with Crippen molar-refractivity contribution in [1.82, 2.24) is 30.9 Å².